The van der Waals surface area contributed by atoms with Gasteiger partial charge in [0, 0.05) is 11.7 Å². The Labute approximate surface area is 89.3 Å². The lowest BCUT2D eigenvalue weighted by atomic mass is 9.91. The predicted molar refractivity (Wildman–Crippen MR) is 56.0 cm³/mol. The molecule has 0 atom stereocenters. The van der Waals surface area contributed by atoms with Crippen molar-refractivity contribution in [2.75, 3.05) is 6.26 Å². The number of rotatable bonds is 1. The van der Waals surface area contributed by atoms with Gasteiger partial charge in [-0.2, -0.15) is 0 Å². The SMILES string of the molecule is CC(C)(C)c1ncc(F)cc1S(C)(=O)=O. The maximum absolute atomic E-state index is 12.9. The monoisotopic (exact) mass is 231 g/mol. The van der Waals surface area contributed by atoms with Crippen LogP contribution in [0.15, 0.2) is 17.2 Å². The summed E-state index contributed by atoms with van der Waals surface area (Å²) in [6, 6.07) is 1.02. The van der Waals surface area contributed by atoms with Crippen molar-refractivity contribution in [2.24, 2.45) is 0 Å². The molecule has 0 fully saturated rings. The Kier molecular flexibility index (Phi) is 2.87. The molecule has 5 heteroatoms. The van der Waals surface area contributed by atoms with E-state index in [0.29, 0.717) is 5.69 Å². The van der Waals surface area contributed by atoms with Gasteiger partial charge in [0.1, 0.15) is 5.82 Å². The number of aromatic nitrogens is 1. The lowest BCUT2D eigenvalue weighted by molar-refractivity contribution is 0.531. The van der Waals surface area contributed by atoms with Gasteiger partial charge in [-0.15, -0.1) is 0 Å². The highest BCUT2D eigenvalue weighted by Crippen LogP contribution is 2.27. The zero-order valence-electron chi connectivity index (χ0n) is 9.20. The Balaban J connectivity index is 3.55. The molecule has 0 unspecified atom stereocenters. The van der Waals surface area contributed by atoms with Crippen molar-refractivity contribution in [3.05, 3.63) is 23.8 Å². The first-order valence-corrected chi connectivity index (χ1v) is 6.37. The predicted octanol–water partition coefficient (Wildman–Crippen LogP) is 1.92. The van der Waals surface area contributed by atoms with Crippen LogP contribution >= 0.6 is 0 Å². The second-order valence-electron chi connectivity index (χ2n) is 4.52. The van der Waals surface area contributed by atoms with Crippen molar-refractivity contribution in [2.45, 2.75) is 31.1 Å². The molecule has 84 valence electrons. The maximum Gasteiger partial charge on any atom is 0.177 e. The van der Waals surface area contributed by atoms with E-state index in [1.807, 2.05) is 20.8 Å². The Bertz CT molecular complexity index is 475. The minimum atomic E-state index is -3.44. The molecular formula is C10H14FNO2S. The van der Waals surface area contributed by atoms with Gasteiger partial charge >= 0.3 is 0 Å². The first-order chi connectivity index (χ1) is 6.62. The highest BCUT2D eigenvalue weighted by molar-refractivity contribution is 7.90. The minimum absolute atomic E-state index is 0.0324. The summed E-state index contributed by atoms with van der Waals surface area (Å²) in [6.07, 6.45) is 2.09. The molecular weight excluding hydrogens is 217 g/mol. The Morgan fingerprint density at radius 2 is 1.87 bits per heavy atom. The van der Waals surface area contributed by atoms with Crippen LogP contribution in [0, 0.1) is 5.82 Å². The molecule has 0 aromatic carbocycles. The van der Waals surface area contributed by atoms with E-state index in [1.54, 1.807) is 0 Å². The largest absolute Gasteiger partial charge is 0.256 e. The van der Waals surface area contributed by atoms with Crippen LogP contribution in [-0.4, -0.2) is 19.7 Å². The number of nitrogens with zero attached hydrogens (tertiary/aromatic N) is 1. The molecule has 3 nitrogen and oxygen atoms in total. The van der Waals surface area contributed by atoms with Gasteiger partial charge in [-0.25, -0.2) is 12.8 Å². The normalized spacial score (nSPS) is 12.9. The summed E-state index contributed by atoms with van der Waals surface area (Å²) in [5.74, 6) is -0.636. The molecule has 0 aliphatic rings. The van der Waals surface area contributed by atoms with E-state index < -0.39 is 21.1 Å². The number of pyridine rings is 1. The fourth-order valence-corrected chi connectivity index (χ4v) is 2.30. The van der Waals surface area contributed by atoms with E-state index >= 15 is 0 Å². The van der Waals surface area contributed by atoms with Crippen molar-refractivity contribution >= 4 is 9.84 Å². The first-order valence-electron chi connectivity index (χ1n) is 4.48. The molecule has 0 saturated carbocycles. The van der Waals surface area contributed by atoms with E-state index in [1.165, 1.54) is 0 Å². The average Bonchev–Trinajstić information content (AvgIpc) is 2.00. The summed E-state index contributed by atoms with van der Waals surface area (Å²) < 4.78 is 35.8. The van der Waals surface area contributed by atoms with Crippen LogP contribution in [-0.2, 0) is 15.3 Å². The van der Waals surface area contributed by atoms with E-state index in [-0.39, 0.29) is 4.90 Å². The second-order valence-corrected chi connectivity index (χ2v) is 6.51. The summed E-state index contributed by atoms with van der Waals surface area (Å²) >= 11 is 0. The summed E-state index contributed by atoms with van der Waals surface area (Å²) in [5.41, 5.74) is -0.0297. The van der Waals surface area contributed by atoms with Crippen LogP contribution in [0.4, 0.5) is 4.39 Å². The fourth-order valence-electron chi connectivity index (χ4n) is 1.27. The third-order valence-corrected chi connectivity index (χ3v) is 3.04. The minimum Gasteiger partial charge on any atom is -0.256 e. The zero-order chi connectivity index (χ0) is 11.9. The Morgan fingerprint density at radius 1 is 1.33 bits per heavy atom. The molecule has 0 aliphatic carbocycles. The number of halogens is 1. The number of hydrogen-bond donors (Lipinski definition) is 0. The van der Waals surface area contributed by atoms with E-state index in [2.05, 4.69) is 4.98 Å². The van der Waals surface area contributed by atoms with Crippen molar-refractivity contribution < 1.29 is 12.8 Å². The van der Waals surface area contributed by atoms with Gasteiger partial charge in [0.2, 0.25) is 0 Å². The average molecular weight is 231 g/mol. The third kappa shape index (κ3) is 2.75. The van der Waals surface area contributed by atoms with Gasteiger partial charge in [-0.05, 0) is 6.07 Å². The molecule has 1 aromatic rings. The smallest absolute Gasteiger partial charge is 0.177 e. The summed E-state index contributed by atoms with van der Waals surface area (Å²) in [7, 11) is -3.44. The van der Waals surface area contributed by atoms with Crippen LogP contribution in [0.5, 0.6) is 0 Å². The number of hydrogen-bond acceptors (Lipinski definition) is 3. The van der Waals surface area contributed by atoms with E-state index in [9.17, 15) is 12.8 Å². The van der Waals surface area contributed by atoms with Crippen LogP contribution < -0.4 is 0 Å². The van der Waals surface area contributed by atoms with Crippen molar-refractivity contribution in [3.63, 3.8) is 0 Å². The summed E-state index contributed by atoms with van der Waals surface area (Å²) in [4.78, 5) is 3.83. The van der Waals surface area contributed by atoms with Crippen molar-refractivity contribution in [1.82, 2.24) is 4.98 Å². The van der Waals surface area contributed by atoms with E-state index in [4.69, 9.17) is 0 Å². The van der Waals surface area contributed by atoms with Crippen LogP contribution in [0.2, 0.25) is 0 Å². The van der Waals surface area contributed by atoms with Crippen molar-refractivity contribution in [1.29, 1.82) is 0 Å². The molecule has 0 aliphatic heterocycles. The van der Waals surface area contributed by atoms with Gasteiger partial charge < -0.3 is 0 Å². The molecule has 1 heterocycles. The fraction of sp³-hybridized carbons (Fsp3) is 0.500. The lowest BCUT2D eigenvalue weighted by Crippen LogP contribution is -2.18. The van der Waals surface area contributed by atoms with Crippen LogP contribution in [0.1, 0.15) is 26.5 Å². The summed E-state index contributed by atoms with van der Waals surface area (Å²) in [5, 5.41) is 0. The van der Waals surface area contributed by atoms with Crippen LogP contribution in [0.25, 0.3) is 0 Å². The topological polar surface area (TPSA) is 47.0 Å². The molecule has 0 amide bonds. The van der Waals surface area contributed by atoms with Gasteiger partial charge in [0.15, 0.2) is 9.84 Å². The lowest BCUT2D eigenvalue weighted by Gasteiger charge is -2.20. The molecule has 0 radical (unpaired) electrons. The summed E-state index contributed by atoms with van der Waals surface area (Å²) in [6.45, 7) is 5.51. The highest BCUT2D eigenvalue weighted by atomic mass is 32.2. The first kappa shape index (κ1) is 12.1. The maximum atomic E-state index is 12.9. The van der Waals surface area contributed by atoms with Gasteiger partial charge in [-0.1, -0.05) is 20.8 Å². The zero-order valence-corrected chi connectivity index (χ0v) is 10.0. The van der Waals surface area contributed by atoms with Crippen LogP contribution in [0.3, 0.4) is 0 Å². The molecule has 0 bridgehead atoms. The number of sulfone groups is 1. The van der Waals surface area contributed by atoms with Gasteiger partial charge in [0.05, 0.1) is 16.8 Å². The van der Waals surface area contributed by atoms with Crippen molar-refractivity contribution in [3.8, 4) is 0 Å². The quantitative estimate of drug-likeness (QED) is 0.742. The molecule has 0 N–H and O–H groups in total. The molecule has 1 rings (SSSR count). The standard InChI is InChI=1S/C10H14FNO2S/c1-10(2,3)9-8(15(4,13)14)5-7(11)6-12-9/h5-6H,1-4H3. The van der Waals surface area contributed by atoms with Gasteiger partial charge in [-0.3, -0.25) is 4.98 Å². The Hall–Kier alpha value is -0.970. The second kappa shape index (κ2) is 3.56. The third-order valence-electron chi connectivity index (χ3n) is 1.93. The molecule has 0 spiro atoms. The van der Waals surface area contributed by atoms with E-state index in [0.717, 1.165) is 18.5 Å². The van der Waals surface area contributed by atoms with Gasteiger partial charge in [0.25, 0.3) is 0 Å². The molecule has 15 heavy (non-hydrogen) atoms. The Morgan fingerprint density at radius 3 is 2.27 bits per heavy atom. The highest BCUT2D eigenvalue weighted by Gasteiger charge is 2.25. The molecule has 1 aromatic heterocycles. The molecule has 0 saturated heterocycles.